The number of hydrogen-bond donors (Lipinski definition) is 0. The highest BCUT2D eigenvalue weighted by Crippen LogP contribution is 2.15. The number of rotatable bonds is 4. The first-order valence-corrected chi connectivity index (χ1v) is 7.66. The lowest BCUT2D eigenvalue weighted by molar-refractivity contribution is 0.626. The van der Waals surface area contributed by atoms with Crippen LogP contribution in [0.1, 0.15) is 22.3 Å². The lowest BCUT2D eigenvalue weighted by atomic mass is 10.1. The van der Waals surface area contributed by atoms with Crippen molar-refractivity contribution in [2.45, 2.75) is 18.4 Å². The van der Waals surface area contributed by atoms with E-state index < -0.39 is 16.6 Å². The fraction of sp³-hybridized carbons (Fsp3) is 0.188. The first-order chi connectivity index (χ1) is 9.58. The normalized spacial score (nSPS) is 11.8. The molecule has 2 nitrogen and oxygen atoms in total. The van der Waals surface area contributed by atoms with Gasteiger partial charge in [-0.3, -0.25) is 4.21 Å². The molecular formula is C16H14FNOS. The summed E-state index contributed by atoms with van der Waals surface area (Å²) < 4.78 is 25.4. The molecule has 4 heteroatoms. The molecule has 2 rings (SSSR count). The molecule has 0 saturated heterocycles. The average molecular weight is 287 g/mol. The van der Waals surface area contributed by atoms with Crippen LogP contribution in [-0.2, 0) is 22.3 Å². The molecule has 0 aliphatic heterocycles. The molecule has 20 heavy (non-hydrogen) atoms. The second-order valence-corrected chi connectivity index (χ2v) is 6.09. The zero-order chi connectivity index (χ0) is 14.5. The quantitative estimate of drug-likeness (QED) is 0.864. The Hall–Kier alpha value is -1.99. The number of nitrogens with zero attached hydrogens (tertiary/aromatic N) is 1. The van der Waals surface area contributed by atoms with Gasteiger partial charge >= 0.3 is 0 Å². The second-order valence-electron chi connectivity index (χ2n) is 4.63. The molecule has 0 spiro atoms. The van der Waals surface area contributed by atoms with Crippen molar-refractivity contribution in [1.82, 2.24) is 0 Å². The monoisotopic (exact) mass is 287 g/mol. The van der Waals surface area contributed by atoms with Gasteiger partial charge in [-0.25, -0.2) is 4.39 Å². The zero-order valence-corrected chi connectivity index (χ0v) is 11.9. The van der Waals surface area contributed by atoms with Crippen molar-refractivity contribution in [3.63, 3.8) is 0 Å². The van der Waals surface area contributed by atoms with Crippen molar-refractivity contribution in [2.75, 3.05) is 0 Å². The van der Waals surface area contributed by atoms with Crippen molar-refractivity contribution >= 4 is 10.8 Å². The van der Waals surface area contributed by atoms with Gasteiger partial charge in [-0.1, -0.05) is 29.8 Å². The van der Waals surface area contributed by atoms with Gasteiger partial charge in [0, 0.05) is 16.6 Å². The zero-order valence-electron chi connectivity index (χ0n) is 11.1. The Kier molecular flexibility index (Phi) is 4.65. The molecule has 0 aliphatic rings. The summed E-state index contributed by atoms with van der Waals surface area (Å²) in [6, 6.07) is 13.8. The maximum atomic E-state index is 13.2. The van der Waals surface area contributed by atoms with E-state index in [4.69, 9.17) is 5.26 Å². The molecule has 0 aliphatic carbocycles. The van der Waals surface area contributed by atoms with Crippen LogP contribution in [0.25, 0.3) is 0 Å². The summed E-state index contributed by atoms with van der Waals surface area (Å²) in [5.41, 5.74) is 2.98. The Morgan fingerprint density at radius 1 is 1.20 bits per heavy atom. The van der Waals surface area contributed by atoms with Gasteiger partial charge in [0.1, 0.15) is 5.82 Å². The number of nitriles is 1. The lowest BCUT2D eigenvalue weighted by Crippen LogP contribution is -2.02. The van der Waals surface area contributed by atoms with Gasteiger partial charge in [-0.2, -0.15) is 5.26 Å². The number of benzene rings is 2. The Bertz CT molecular complexity index is 691. The average Bonchev–Trinajstić information content (AvgIpc) is 2.38. The van der Waals surface area contributed by atoms with Crippen LogP contribution in [0, 0.1) is 24.1 Å². The van der Waals surface area contributed by atoms with Gasteiger partial charge in [0.25, 0.3) is 0 Å². The second kappa shape index (κ2) is 6.44. The smallest absolute Gasteiger partial charge is 0.123 e. The summed E-state index contributed by atoms with van der Waals surface area (Å²) in [7, 11) is -1.17. The minimum Gasteiger partial charge on any atom is -0.259 e. The SMILES string of the molecule is Cc1cccc(CS(=O)Cc2cc(F)ccc2C#N)c1. The molecule has 1 atom stereocenters. The van der Waals surface area contributed by atoms with E-state index in [0.29, 0.717) is 16.9 Å². The summed E-state index contributed by atoms with van der Waals surface area (Å²) in [4.78, 5) is 0. The van der Waals surface area contributed by atoms with Crippen LogP contribution in [0.15, 0.2) is 42.5 Å². The standard InChI is InChI=1S/C16H14FNOS/c1-12-3-2-4-13(7-12)10-20(19)11-15-8-16(17)6-5-14(15)9-18/h2-8H,10-11H2,1H3. The summed E-state index contributed by atoms with van der Waals surface area (Å²) in [5, 5.41) is 8.98. The van der Waals surface area contributed by atoms with E-state index in [1.165, 1.54) is 18.2 Å². The van der Waals surface area contributed by atoms with E-state index in [2.05, 4.69) is 0 Å². The van der Waals surface area contributed by atoms with E-state index >= 15 is 0 Å². The van der Waals surface area contributed by atoms with Crippen LogP contribution in [0.4, 0.5) is 4.39 Å². The molecule has 0 saturated carbocycles. The predicted molar refractivity (Wildman–Crippen MR) is 77.8 cm³/mol. The molecule has 102 valence electrons. The fourth-order valence-corrected chi connectivity index (χ4v) is 3.24. The van der Waals surface area contributed by atoms with Gasteiger partial charge < -0.3 is 0 Å². The first-order valence-electron chi connectivity index (χ1n) is 6.17. The molecule has 0 radical (unpaired) electrons. The Labute approximate surface area is 120 Å². The Morgan fingerprint density at radius 3 is 2.70 bits per heavy atom. The third kappa shape index (κ3) is 3.75. The van der Waals surface area contributed by atoms with Crippen LogP contribution >= 0.6 is 0 Å². The molecule has 1 unspecified atom stereocenters. The van der Waals surface area contributed by atoms with Crippen molar-refractivity contribution in [1.29, 1.82) is 5.26 Å². The Balaban J connectivity index is 2.13. The molecule has 0 bridgehead atoms. The van der Waals surface area contributed by atoms with Gasteiger partial charge in [-0.15, -0.1) is 0 Å². The largest absolute Gasteiger partial charge is 0.259 e. The minimum atomic E-state index is -1.17. The van der Waals surface area contributed by atoms with Crippen LogP contribution < -0.4 is 0 Å². The molecule has 0 fully saturated rings. The van der Waals surface area contributed by atoms with Crippen LogP contribution in [0.3, 0.4) is 0 Å². The van der Waals surface area contributed by atoms with E-state index in [1.54, 1.807) is 0 Å². The minimum absolute atomic E-state index is 0.189. The van der Waals surface area contributed by atoms with Gasteiger partial charge in [0.15, 0.2) is 0 Å². The van der Waals surface area contributed by atoms with Crippen molar-refractivity contribution in [3.05, 3.63) is 70.5 Å². The first kappa shape index (κ1) is 14.4. The molecule has 0 aromatic heterocycles. The molecule has 2 aromatic carbocycles. The maximum absolute atomic E-state index is 13.2. The molecular weight excluding hydrogens is 273 g/mol. The molecule has 0 N–H and O–H groups in total. The lowest BCUT2D eigenvalue weighted by Gasteiger charge is -2.06. The van der Waals surface area contributed by atoms with Crippen LogP contribution in [0.2, 0.25) is 0 Å². The molecule has 0 amide bonds. The molecule has 2 aromatic rings. The van der Waals surface area contributed by atoms with Gasteiger partial charge in [-0.05, 0) is 36.2 Å². The predicted octanol–water partition coefficient (Wildman–Crippen LogP) is 3.45. The van der Waals surface area contributed by atoms with Crippen molar-refractivity contribution < 1.29 is 8.60 Å². The van der Waals surface area contributed by atoms with E-state index in [9.17, 15) is 8.60 Å². The topological polar surface area (TPSA) is 40.9 Å². The highest BCUT2D eigenvalue weighted by atomic mass is 32.2. The number of aryl methyl sites for hydroxylation is 1. The Morgan fingerprint density at radius 2 is 2.00 bits per heavy atom. The highest BCUT2D eigenvalue weighted by molar-refractivity contribution is 7.83. The summed E-state index contributed by atoms with van der Waals surface area (Å²) in [6.45, 7) is 1.98. The van der Waals surface area contributed by atoms with Crippen LogP contribution in [-0.4, -0.2) is 4.21 Å². The van der Waals surface area contributed by atoms with E-state index in [0.717, 1.165) is 11.1 Å². The maximum Gasteiger partial charge on any atom is 0.123 e. The van der Waals surface area contributed by atoms with Crippen LogP contribution in [0.5, 0.6) is 0 Å². The molecule has 0 heterocycles. The van der Waals surface area contributed by atoms with E-state index in [-0.39, 0.29) is 5.75 Å². The third-order valence-corrected chi connectivity index (χ3v) is 4.20. The summed E-state index contributed by atoms with van der Waals surface area (Å²) >= 11 is 0. The fourth-order valence-electron chi connectivity index (χ4n) is 2.00. The summed E-state index contributed by atoms with van der Waals surface area (Å²) in [6.07, 6.45) is 0. The van der Waals surface area contributed by atoms with Gasteiger partial charge in [0.05, 0.1) is 17.4 Å². The number of hydrogen-bond acceptors (Lipinski definition) is 2. The van der Waals surface area contributed by atoms with Crippen molar-refractivity contribution in [3.8, 4) is 6.07 Å². The van der Waals surface area contributed by atoms with Crippen molar-refractivity contribution in [2.24, 2.45) is 0 Å². The third-order valence-electron chi connectivity index (χ3n) is 2.91. The number of halogens is 1. The van der Waals surface area contributed by atoms with E-state index in [1.807, 2.05) is 37.3 Å². The van der Waals surface area contributed by atoms with Gasteiger partial charge in [0.2, 0.25) is 0 Å². The highest BCUT2D eigenvalue weighted by Gasteiger charge is 2.09. The summed E-state index contributed by atoms with van der Waals surface area (Å²) in [5.74, 6) is 0.184.